The molecule has 0 aliphatic heterocycles. The van der Waals surface area contributed by atoms with E-state index in [-0.39, 0.29) is 64.1 Å². The number of fused-ring (bicyclic) bond motifs is 1. The Morgan fingerprint density at radius 3 is 2.61 bits per heavy atom. The van der Waals surface area contributed by atoms with Gasteiger partial charge in [0.1, 0.15) is 4.83 Å². The summed E-state index contributed by atoms with van der Waals surface area (Å²) >= 11 is 10.9. The van der Waals surface area contributed by atoms with Gasteiger partial charge < -0.3 is 10.1 Å². The molecule has 0 unspecified atom stereocenters. The first-order chi connectivity index (χ1) is 7.97. The van der Waals surface area contributed by atoms with E-state index in [1.165, 1.54) is 18.4 Å². The van der Waals surface area contributed by atoms with E-state index in [9.17, 15) is 4.79 Å². The number of carbonyl (C=O) groups excluding carboxylic acids is 1. The molecular formula is C11H9BrClN2ORbS. The molecule has 0 aliphatic rings. The third-order valence-electron chi connectivity index (χ3n) is 2.52. The molecule has 0 radical (unpaired) electrons. The van der Waals surface area contributed by atoms with Gasteiger partial charge in [-0.1, -0.05) is 11.6 Å². The van der Waals surface area contributed by atoms with Crippen molar-refractivity contribution in [2.75, 3.05) is 7.05 Å². The summed E-state index contributed by atoms with van der Waals surface area (Å²) in [6.07, 6.45) is 0. The van der Waals surface area contributed by atoms with E-state index in [0.29, 0.717) is 9.90 Å². The van der Waals surface area contributed by atoms with E-state index in [0.717, 1.165) is 25.9 Å². The summed E-state index contributed by atoms with van der Waals surface area (Å²) in [5.74, 6) is -0.243. The Labute approximate surface area is 172 Å². The number of hydrogen-bond donors (Lipinski definition) is 0. The summed E-state index contributed by atoms with van der Waals surface area (Å²) in [5.41, 5.74) is 1.71. The third-order valence-corrected chi connectivity index (χ3v) is 5.20. The average molecular weight is 418 g/mol. The fourth-order valence-corrected chi connectivity index (χ4v) is 3.89. The molecule has 0 aliphatic carbocycles. The van der Waals surface area contributed by atoms with Crippen LogP contribution in [0.15, 0.2) is 4.47 Å². The standard InChI is InChI=1S/C11H10BrClN2OS.Rb/c1-4-6-7(12)9(10(16)14-3)17-11(6)15-5(2)8(4)13;/h1-3H3,(H,14,16);/q;+1/p-1. The molecule has 2 rings (SSSR count). The van der Waals surface area contributed by atoms with E-state index < -0.39 is 0 Å². The Morgan fingerprint density at radius 2 is 2.06 bits per heavy atom. The zero-order valence-corrected chi connectivity index (χ0v) is 18.5. The van der Waals surface area contributed by atoms with E-state index in [1.54, 1.807) is 0 Å². The molecule has 0 spiro atoms. The minimum atomic E-state index is -0.243. The summed E-state index contributed by atoms with van der Waals surface area (Å²) in [6, 6.07) is 0. The number of aromatic nitrogens is 1. The minimum Gasteiger partial charge on any atom is -0.651 e. The Morgan fingerprint density at radius 1 is 1.44 bits per heavy atom. The summed E-state index contributed by atoms with van der Waals surface area (Å²) < 4.78 is 0.736. The van der Waals surface area contributed by atoms with Gasteiger partial charge in [0.05, 0.1) is 21.5 Å². The van der Waals surface area contributed by atoms with Crippen LogP contribution < -0.4 is 58.2 Å². The van der Waals surface area contributed by atoms with Gasteiger partial charge >= 0.3 is 58.2 Å². The number of hydrogen-bond acceptors (Lipinski definition) is 3. The molecule has 0 saturated carbocycles. The van der Waals surface area contributed by atoms with Gasteiger partial charge in [-0.15, -0.1) is 18.4 Å². The molecule has 90 valence electrons. The molecule has 2 aromatic rings. The Bertz CT molecular complexity index is 629. The van der Waals surface area contributed by atoms with E-state index >= 15 is 0 Å². The summed E-state index contributed by atoms with van der Waals surface area (Å²) in [4.78, 5) is 17.4. The van der Waals surface area contributed by atoms with Crippen LogP contribution in [0.3, 0.4) is 0 Å². The molecule has 0 saturated heterocycles. The van der Waals surface area contributed by atoms with E-state index in [1.807, 2.05) is 13.8 Å². The van der Waals surface area contributed by atoms with Crippen molar-refractivity contribution in [1.29, 1.82) is 0 Å². The van der Waals surface area contributed by atoms with Crippen LogP contribution in [0.4, 0.5) is 0 Å². The zero-order chi connectivity index (χ0) is 12.7. The van der Waals surface area contributed by atoms with Crippen molar-refractivity contribution >= 4 is 55.0 Å². The van der Waals surface area contributed by atoms with Gasteiger partial charge in [0.2, 0.25) is 0 Å². The Hall–Kier alpha value is 1.16. The van der Waals surface area contributed by atoms with Gasteiger partial charge in [0.25, 0.3) is 0 Å². The smallest absolute Gasteiger partial charge is 0.651 e. The SMILES string of the molecule is C[N-]C(=O)c1sc2nc(C)c(Cl)c(C)c2c1Br.[Rb+]. The second kappa shape index (κ2) is 6.74. The van der Waals surface area contributed by atoms with Crippen LogP contribution in [0.5, 0.6) is 0 Å². The topological polar surface area (TPSA) is 44.1 Å². The molecule has 3 nitrogen and oxygen atoms in total. The number of pyridine rings is 1. The van der Waals surface area contributed by atoms with Crippen LogP contribution in [0.2, 0.25) is 5.02 Å². The van der Waals surface area contributed by atoms with Crippen LogP contribution >= 0.6 is 38.9 Å². The number of carbonyl (C=O) groups is 1. The molecule has 2 aromatic heterocycles. The molecule has 0 fully saturated rings. The fraction of sp³-hybridized carbons (Fsp3) is 0.273. The van der Waals surface area contributed by atoms with Crippen molar-refractivity contribution in [1.82, 2.24) is 4.98 Å². The quantitative estimate of drug-likeness (QED) is 0.705. The maximum atomic E-state index is 11.6. The van der Waals surface area contributed by atoms with Crippen molar-refractivity contribution in [2.45, 2.75) is 13.8 Å². The van der Waals surface area contributed by atoms with Gasteiger partial charge in [-0.25, -0.2) is 4.98 Å². The maximum Gasteiger partial charge on any atom is 1.00 e. The van der Waals surface area contributed by atoms with Crippen molar-refractivity contribution in [3.05, 3.63) is 30.9 Å². The van der Waals surface area contributed by atoms with Gasteiger partial charge in [-0.3, -0.25) is 0 Å². The van der Waals surface area contributed by atoms with Gasteiger partial charge in [0, 0.05) is 9.86 Å². The van der Waals surface area contributed by atoms with Gasteiger partial charge in [-0.05, 0) is 35.3 Å². The number of nitrogens with zero attached hydrogens (tertiary/aromatic N) is 2. The predicted octanol–water partition coefficient (Wildman–Crippen LogP) is 1.48. The molecule has 0 atom stereocenters. The summed E-state index contributed by atoms with van der Waals surface area (Å²) in [5, 5.41) is 5.21. The van der Waals surface area contributed by atoms with E-state index in [2.05, 4.69) is 26.2 Å². The first kappa shape index (κ1) is 17.2. The van der Waals surface area contributed by atoms with Crippen LogP contribution in [-0.2, 0) is 0 Å². The third kappa shape index (κ3) is 2.92. The largest absolute Gasteiger partial charge is 1.00 e. The Balaban J connectivity index is 0.00000162. The molecule has 18 heavy (non-hydrogen) atoms. The van der Waals surface area contributed by atoms with Crippen molar-refractivity contribution < 1.29 is 63.0 Å². The molecule has 0 bridgehead atoms. The zero-order valence-electron chi connectivity index (χ0n) is 10.5. The monoisotopic (exact) mass is 416 g/mol. The second-order valence-electron chi connectivity index (χ2n) is 3.59. The molecule has 0 N–H and O–H groups in total. The van der Waals surface area contributed by atoms with E-state index in [4.69, 9.17) is 11.6 Å². The van der Waals surface area contributed by atoms with Crippen LogP contribution in [0.1, 0.15) is 20.9 Å². The number of rotatable bonds is 1. The number of aryl methyl sites for hydroxylation is 2. The minimum absolute atomic E-state index is 0. The van der Waals surface area contributed by atoms with Crippen LogP contribution in [-0.4, -0.2) is 17.9 Å². The Kier molecular flexibility index (Phi) is 6.44. The van der Waals surface area contributed by atoms with Crippen molar-refractivity contribution in [3.8, 4) is 0 Å². The van der Waals surface area contributed by atoms with Gasteiger partial charge in [0.15, 0.2) is 0 Å². The molecule has 2 heterocycles. The average Bonchev–Trinajstić information content (AvgIpc) is 2.62. The number of thiophene rings is 1. The predicted molar refractivity (Wildman–Crippen MR) is 75.4 cm³/mol. The summed E-state index contributed by atoms with van der Waals surface area (Å²) in [6.45, 7) is 3.78. The molecule has 7 heteroatoms. The van der Waals surface area contributed by atoms with Crippen LogP contribution in [0.25, 0.3) is 15.5 Å². The first-order valence-electron chi connectivity index (χ1n) is 4.86. The number of halogens is 2. The van der Waals surface area contributed by atoms with Crippen molar-refractivity contribution in [3.63, 3.8) is 0 Å². The second-order valence-corrected chi connectivity index (χ2v) is 5.76. The normalized spacial score (nSPS) is 10.3. The van der Waals surface area contributed by atoms with Crippen LogP contribution in [0, 0.1) is 13.8 Å². The number of amides is 1. The molecular weight excluding hydrogens is 409 g/mol. The molecule has 1 amide bonds. The van der Waals surface area contributed by atoms with Gasteiger partial charge in [-0.2, -0.15) is 0 Å². The first-order valence-corrected chi connectivity index (χ1v) is 6.85. The molecule has 0 aromatic carbocycles. The maximum absolute atomic E-state index is 11.6. The fourth-order valence-electron chi connectivity index (χ4n) is 1.63. The van der Waals surface area contributed by atoms with Crippen molar-refractivity contribution in [2.24, 2.45) is 0 Å². The summed E-state index contributed by atoms with van der Waals surface area (Å²) in [7, 11) is 1.48.